The van der Waals surface area contributed by atoms with E-state index >= 15 is 0 Å². The minimum atomic E-state index is 0.523. The summed E-state index contributed by atoms with van der Waals surface area (Å²) in [5.41, 5.74) is 1.86. The third-order valence-electron chi connectivity index (χ3n) is 2.10. The summed E-state index contributed by atoms with van der Waals surface area (Å²) in [6, 6.07) is 3.84. The van der Waals surface area contributed by atoms with Gasteiger partial charge in [0.15, 0.2) is 5.65 Å². The smallest absolute Gasteiger partial charge is 0.180 e. The zero-order valence-corrected chi connectivity index (χ0v) is 8.50. The fourth-order valence-electron chi connectivity index (χ4n) is 1.41. The van der Waals surface area contributed by atoms with Crippen molar-refractivity contribution < 1.29 is 0 Å². The van der Waals surface area contributed by atoms with Crippen LogP contribution in [-0.4, -0.2) is 14.6 Å². The van der Waals surface area contributed by atoms with Gasteiger partial charge in [-0.25, -0.2) is 0 Å². The molecule has 0 unspecified atom stereocenters. The average Bonchev–Trinajstić information content (AvgIpc) is 2.49. The molecule has 0 aliphatic rings. The summed E-state index contributed by atoms with van der Waals surface area (Å²) in [5, 5.41) is 17.3. The maximum atomic E-state index is 8.94. The van der Waals surface area contributed by atoms with Crippen molar-refractivity contribution in [2.45, 2.75) is 13.8 Å². The van der Waals surface area contributed by atoms with Crippen LogP contribution in [0, 0.1) is 25.2 Å². The first-order chi connectivity index (χ1) is 6.65. The number of halogens is 1. The number of nitrogens with zero attached hydrogens (tertiary/aromatic N) is 4. The van der Waals surface area contributed by atoms with Crippen molar-refractivity contribution in [3.8, 4) is 6.07 Å². The van der Waals surface area contributed by atoms with E-state index in [4.69, 9.17) is 16.9 Å². The molecular formula is C9H7ClN4. The maximum Gasteiger partial charge on any atom is 0.180 e. The molecule has 70 valence electrons. The van der Waals surface area contributed by atoms with Crippen molar-refractivity contribution in [3.05, 3.63) is 28.2 Å². The third-order valence-corrected chi connectivity index (χ3v) is 2.38. The molecule has 0 atom stereocenters. The summed E-state index contributed by atoms with van der Waals surface area (Å²) in [6.07, 6.45) is 0. The summed E-state index contributed by atoms with van der Waals surface area (Å²) in [6.45, 7) is 3.62. The molecule has 2 rings (SSSR count). The summed E-state index contributed by atoms with van der Waals surface area (Å²) in [7, 11) is 0. The predicted octanol–water partition coefficient (Wildman–Crippen LogP) is 1.87. The van der Waals surface area contributed by atoms with Gasteiger partial charge in [0.2, 0.25) is 0 Å². The van der Waals surface area contributed by atoms with Crippen LogP contribution in [0.2, 0.25) is 5.15 Å². The van der Waals surface area contributed by atoms with E-state index < -0.39 is 0 Å². The highest BCUT2D eigenvalue weighted by Gasteiger charge is 2.12. The van der Waals surface area contributed by atoms with Crippen molar-refractivity contribution in [1.82, 2.24) is 14.6 Å². The fourth-order valence-corrected chi connectivity index (χ4v) is 1.78. The number of pyridine rings is 1. The Morgan fingerprint density at radius 2 is 2.14 bits per heavy atom. The van der Waals surface area contributed by atoms with Crippen molar-refractivity contribution in [2.24, 2.45) is 0 Å². The Morgan fingerprint density at radius 1 is 1.43 bits per heavy atom. The number of hydrogen-bond acceptors (Lipinski definition) is 3. The molecule has 0 aromatic carbocycles. The third kappa shape index (κ3) is 1.06. The molecule has 0 spiro atoms. The van der Waals surface area contributed by atoms with Crippen molar-refractivity contribution in [1.29, 1.82) is 5.26 Å². The van der Waals surface area contributed by atoms with Gasteiger partial charge in [0, 0.05) is 0 Å². The lowest BCUT2D eigenvalue weighted by atomic mass is 10.2. The quantitative estimate of drug-likeness (QED) is 0.619. The lowest BCUT2D eigenvalue weighted by molar-refractivity contribution is 1.01. The Labute approximate surface area is 85.7 Å². The molecule has 2 aromatic rings. The van der Waals surface area contributed by atoms with E-state index in [1.165, 1.54) is 0 Å². The highest BCUT2D eigenvalue weighted by molar-refractivity contribution is 6.30. The Morgan fingerprint density at radius 3 is 2.79 bits per heavy atom. The van der Waals surface area contributed by atoms with Crippen LogP contribution >= 0.6 is 11.6 Å². The molecule has 0 aliphatic carbocycles. The molecule has 0 saturated heterocycles. The number of fused-ring (bicyclic) bond motifs is 1. The van der Waals surface area contributed by atoms with Crippen LogP contribution in [0.5, 0.6) is 0 Å². The van der Waals surface area contributed by atoms with Crippen LogP contribution in [-0.2, 0) is 0 Å². The van der Waals surface area contributed by atoms with Gasteiger partial charge in [0.05, 0.1) is 0 Å². The first-order valence-corrected chi connectivity index (χ1v) is 4.44. The van der Waals surface area contributed by atoms with Gasteiger partial charge in [-0.1, -0.05) is 11.6 Å². The highest BCUT2D eigenvalue weighted by atomic mass is 35.5. The molecule has 0 radical (unpaired) electrons. The van der Waals surface area contributed by atoms with Crippen molar-refractivity contribution in [3.63, 3.8) is 0 Å². The molecular weight excluding hydrogens is 200 g/mol. The molecule has 2 heterocycles. The topological polar surface area (TPSA) is 54.0 Å². The Bertz CT molecular complexity index is 550. The number of rotatable bonds is 0. The fraction of sp³-hybridized carbons (Fsp3) is 0.222. The van der Waals surface area contributed by atoms with E-state index in [0.717, 1.165) is 5.56 Å². The van der Waals surface area contributed by atoms with Gasteiger partial charge in [-0.05, 0) is 25.5 Å². The zero-order chi connectivity index (χ0) is 10.3. The van der Waals surface area contributed by atoms with Crippen molar-refractivity contribution >= 4 is 17.2 Å². The van der Waals surface area contributed by atoms with Crippen LogP contribution in [0.3, 0.4) is 0 Å². The Balaban J connectivity index is 3.02. The van der Waals surface area contributed by atoms with Gasteiger partial charge in [-0.2, -0.15) is 5.26 Å². The van der Waals surface area contributed by atoms with E-state index in [0.29, 0.717) is 22.2 Å². The number of aryl methyl sites for hydroxylation is 2. The van der Waals surface area contributed by atoms with Crippen LogP contribution in [0.1, 0.15) is 17.0 Å². The van der Waals surface area contributed by atoms with Crippen LogP contribution in [0.25, 0.3) is 5.65 Å². The molecule has 5 heteroatoms. The second-order valence-corrected chi connectivity index (χ2v) is 3.43. The van der Waals surface area contributed by atoms with Gasteiger partial charge in [-0.15, -0.1) is 10.2 Å². The van der Waals surface area contributed by atoms with Gasteiger partial charge in [0.25, 0.3) is 0 Å². The second kappa shape index (κ2) is 2.96. The minimum absolute atomic E-state index is 0.523. The lowest BCUT2D eigenvalue weighted by Crippen LogP contribution is -1.95. The highest BCUT2D eigenvalue weighted by Crippen LogP contribution is 2.20. The number of nitriles is 1. The predicted molar refractivity (Wildman–Crippen MR) is 52.2 cm³/mol. The average molecular weight is 207 g/mol. The zero-order valence-electron chi connectivity index (χ0n) is 7.74. The molecule has 0 saturated carbocycles. The van der Waals surface area contributed by atoms with Crippen LogP contribution in [0.15, 0.2) is 6.07 Å². The van der Waals surface area contributed by atoms with E-state index in [9.17, 15) is 0 Å². The van der Waals surface area contributed by atoms with E-state index in [-0.39, 0.29) is 0 Å². The van der Waals surface area contributed by atoms with E-state index in [1.54, 1.807) is 17.4 Å². The summed E-state index contributed by atoms with van der Waals surface area (Å²) >= 11 is 6.01. The first-order valence-electron chi connectivity index (χ1n) is 4.06. The molecule has 0 amide bonds. The normalized spacial score (nSPS) is 10.4. The summed E-state index contributed by atoms with van der Waals surface area (Å²) in [5.74, 6) is 0.682. The molecule has 4 nitrogen and oxygen atoms in total. The van der Waals surface area contributed by atoms with E-state index in [1.807, 2.05) is 6.92 Å². The number of aromatic nitrogens is 3. The monoisotopic (exact) mass is 206 g/mol. The van der Waals surface area contributed by atoms with Gasteiger partial charge in [-0.3, -0.25) is 4.40 Å². The summed E-state index contributed by atoms with van der Waals surface area (Å²) < 4.78 is 1.66. The minimum Gasteiger partial charge on any atom is -0.268 e. The molecule has 0 aliphatic heterocycles. The molecule has 2 aromatic heterocycles. The summed E-state index contributed by atoms with van der Waals surface area (Å²) in [4.78, 5) is 0. The van der Waals surface area contributed by atoms with Gasteiger partial charge < -0.3 is 0 Å². The maximum absolute atomic E-state index is 8.94. The Kier molecular flexibility index (Phi) is 1.90. The van der Waals surface area contributed by atoms with E-state index in [2.05, 4.69) is 16.3 Å². The van der Waals surface area contributed by atoms with Gasteiger partial charge >= 0.3 is 0 Å². The van der Waals surface area contributed by atoms with Crippen LogP contribution < -0.4 is 0 Å². The largest absolute Gasteiger partial charge is 0.268 e. The second-order valence-electron chi connectivity index (χ2n) is 3.04. The number of hydrogen-bond donors (Lipinski definition) is 0. The van der Waals surface area contributed by atoms with Crippen LogP contribution in [0.4, 0.5) is 0 Å². The lowest BCUT2D eigenvalue weighted by Gasteiger charge is -2.02. The molecule has 14 heavy (non-hydrogen) atoms. The molecule has 0 bridgehead atoms. The molecule has 0 fully saturated rings. The van der Waals surface area contributed by atoms with Gasteiger partial charge in [0.1, 0.15) is 22.6 Å². The standard InChI is InChI=1S/C9H7ClN4/c1-5-3-8(10)14-6(2)12-13-9(14)7(5)4-11/h3H,1-2H3. The SMILES string of the molecule is Cc1cc(Cl)n2c(C)nnc2c1C#N. The first kappa shape index (κ1) is 8.97. The van der Waals surface area contributed by atoms with Crippen molar-refractivity contribution in [2.75, 3.05) is 0 Å². The Hall–Kier alpha value is -1.60. The molecule has 0 N–H and O–H groups in total.